The van der Waals surface area contributed by atoms with E-state index in [1.54, 1.807) is 6.26 Å². The van der Waals surface area contributed by atoms with Gasteiger partial charge < -0.3 is 23.8 Å². The summed E-state index contributed by atoms with van der Waals surface area (Å²) in [5.74, 6) is 1.81. The maximum absolute atomic E-state index is 11.8. The molecule has 0 amide bonds. The van der Waals surface area contributed by atoms with Crippen LogP contribution in [0.4, 0.5) is 17.2 Å². The lowest BCUT2D eigenvalue weighted by Gasteiger charge is -2.35. The molecule has 1 saturated carbocycles. The van der Waals surface area contributed by atoms with Crippen LogP contribution in [0.15, 0.2) is 40.9 Å². The van der Waals surface area contributed by atoms with E-state index in [9.17, 15) is 4.21 Å². The lowest BCUT2D eigenvalue weighted by Crippen LogP contribution is -2.36. The van der Waals surface area contributed by atoms with Crippen molar-refractivity contribution in [1.29, 1.82) is 0 Å². The van der Waals surface area contributed by atoms with Crippen molar-refractivity contribution >= 4 is 28.2 Å². The van der Waals surface area contributed by atoms with Gasteiger partial charge in [-0.15, -0.1) is 0 Å². The molecule has 1 aromatic carbocycles. The van der Waals surface area contributed by atoms with E-state index in [0.29, 0.717) is 36.0 Å². The van der Waals surface area contributed by atoms with Gasteiger partial charge in [-0.3, -0.25) is 0 Å². The Labute approximate surface area is 207 Å². The zero-order valence-electron chi connectivity index (χ0n) is 19.9. The Balaban J connectivity index is 1.30. The van der Waals surface area contributed by atoms with Crippen LogP contribution in [0.25, 0.3) is 23.0 Å². The maximum Gasteiger partial charge on any atom is 0.276 e. The number of hydrogen-bond donors (Lipinski definition) is 1. The molecule has 2 saturated heterocycles. The average Bonchev–Trinajstić information content (AvgIpc) is 3.45. The summed E-state index contributed by atoms with van der Waals surface area (Å²) in [4.78, 5) is 14.1. The minimum Gasteiger partial charge on any atom is -0.378 e. The molecule has 0 bridgehead atoms. The topological polar surface area (TPSA) is 96.6 Å². The summed E-state index contributed by atoms with van der Waals surface area (Å²) in [5.41, 5.74) is 4.00. The fourth-order valence-corrected chi connectivity index (χ4v) is 5.52. The number of benzene rings is 1. The van der Waals surface area contributed by atoms with Crippen molar-refractivity contribution in [3.8, 4) is 23.0 Å². The van der Waals surface area contributed by atoms with Crippen LogP contribution in [-0.4, -0.2) is 65.0 Å². The van der Waals surface area contributed by atoms with Gasteiger partial charge in [0.25, 0.3) is 5.89 Å². The molecule has 3 aliphatic rings. The highest BCUT2D eigenvalue weighted by Gasteiger charge is 2.44. The molecule has 2 aromatic heterocycles. The Morgan fingerprint density at radius 1 is 0.971 bits per heavy atom. The number of hydrogen-bond acceptors (Lipinski definition) is 8. The highest BCUT2D eigenvalue weighted by atomic mass is 32.2. The second kappa shape index (κ2) is 9.23. The van der Waals surface area contributed by atoms with Gasteiger partial charge in [0.2, 0.25) is 5.82 Å². The van der Waals surface area contributed by atoms with E-state index in [0.717, 1.165) is 48.9 Å². The van der Waals surface area contributed by atoms with Gasteiger partial charge in [-0.05, 0) is 61.4 Å². The molecule has 3 fully saturated rings. The Kier molecular flexibility index (Phi) is 5.93. The van der Waals surface area contributed by atoms with Crippen molar-refractivity contribution in [2.45, 2.75) is 25.7 Å². The lowest BCUT2D eigenvalue weighted by molar-refractivity contribution is 0.122. The zero-order valence-corrected chi connectivity index (χ0v) is 20.7. The minimum atomic E-state index is -1.15. The molecular formula is C25H30N6O3S. The first-order valence-corrected chi connectivity index (χ1v) is 13.8. The van der Waals surface area contributed by atoms with E-state index >= 15 is 0 Å². The van der Waals surface area contributed by atoms with Crippen molar-refractivity contribution < 1.29 is 13.5 Å². The monoisotopic (exact) mass is 494 g/mol. The first kappa shape index (κ1) is 22.5. The van der Waals surface area contributed by atoms with Crippen molar-refractivity contribution in [2.75, 3.05) is 60.2 Å². The summed E-state index contributed by atoms with van der Waals surface area (Å²) < 4.78 is 25.9. The number of rotatable bonds is 6. The number of morpholine rings is 1. The summed E-state index contributed by atoms with van der Waals surface area (Å²) >= 11 is 0. The van der Waals surface area contributed by atoms with Gasteiger partial charge in [0, 0.05) is 49.4 Å². The predicted octanol–water partition coefficient (Wildman–Crippen LogP) is 3.72. The summed E-state index contributed by atoms with van der Waals surface area (Å²) in [7, 11) is -1.15. The Hall–Kier alpha value is -2.98. The molecule has 6 rings (SSSR count). The molecule has 1 N–H and O–H groups in total. The number of pyridine rings is 1. The molecule has 184 valence electrons. The second-order valence-corrected chi connectivity index (χ2v) is 10.8. The van der Waals surface area contributed by atoms with Gasteiger partial charge in [0.05, 0.1) is 13.2 Å². The van der Waals surface area contributed by atoms with Crippen LogP contribution in [0.5, 0.6) is 0 Å². The van der Waals surface area contributed by atoms with E-state index in [-0.39, 0.29) is 0 Å². The smallest absolute Gasteiger partial charge is 0.276 e. The van der Waals surface area contributed by atoms with Gasteiger partial charge in [0.15, 0.2) is 0 Å². The molecule has 2 aliphatic heterocycles. The zero-order chi connectivity index (χ0) is 23.8. The fraction of sp³-hybridized carbons (Fsp3) is 0.480. The standard InChI is InChI=1S/C25H30N6O3S/c1-35(32)29-18-5-6-19(21(17-18)30-11-9-25(7-8-25)10-12-30)23-27-24(34-28-23)20-3-2-4-22(26-20)31-13-15-33-16-14-31/h2-6,17,29H,7-16H2,1H3. The Bertz CT molecular complexity index is 1230. The minimum absolute atomic E-state index is 0.397. The molecule has 9 nitrogen and oxygen atoms in total. The number of anilines is 3. The number of aromatic nitrogens is 3. The van der Waals surface area contributed by atoms with Crippen LogP contribution in [0.3, 0.4) is 0 Å². The molecule has 1 unspecified atom stereocenters. The largest absolute Gasteiger partial charge is 0.378 e. The highest BCUT2D eigenvalue weighted by molar-refractivity contribution is 7.85. The van der Waals surface area contributed by atoms with E-state index < -0.39 is 11.0 Å². The van der Waals surface area contributed by atoms with Crippen LogP contribution >= 0.6 is 0 Å². The molecule has 0 radical (unpaired) electrons. The normalized spacial score (nSPS) is 20.1. The van der Waals surface area contributed by atoms with E-state index in [4.69, 9.17) is 19.2 Å². The molecule has 1 atom stereocenters. The second-order valence-electron chi connectivity index (χ2n) is 9.68. The molecule has 1 spiro atoms. The van der Waals surface area contributed by atoms with Crippen molar-refractivity contribution in [1.82, 2.24) is 15.1 Å². The number of ether oxygens (including phenoxy) is 1. The van der Waals surface area contributed by atoms with Gasteiger partial charge in [-0.2, -0.15) is 4.98 Å². The summed E-state index contributed by atoms with van der Waals surface area (Å²) in [6, 6.07) is 11.8. The van der Waals surface area contributed by atoms with E-state index in [1.807, 2.05) is 30.3 Å². The molecule has 3 aromatic rings. The third-order valence-electron chi connectivity index (χ3n) is 7.34. The van der Waals surface area contributed by atoms with Crippen LogP contribution in [-0.2, 0) is 15.7 Å². The van der Waals surface area contributed by atoms with E-state index in [2.05, 4.69) is 25.7 Å². The molecule has 10 heteroatoms. The predicted molar refractivity (Wildman–Crippen MR) is 137 cm³/mol. The van der Waals surface area contributed by atoms with Crippen LogP contribution in [0, 0.1) is 5.41 Å². The molecule has 4 heterocycles. The third kappa shape index (κ3) is 4.77. The van der Waals surface area contributed by atoms with E-state index in [1.165, 1.54) is 25.7 Å². The molecule has 1 aliphatic carbocycles. The summed E-state index contributed by atoms with van der Waals surface area (Å²) in [6.45, 7) is 5.03. The van der Waals surface area contributed by atoms with Crippen molar-refractivity contribution in [2.24, 2.45) is 5.41 Å². The quantitative estimate of drug-likeness (QED) is 0.554. The van der Waals surface area contributed by atoms with Gasteiger partial charge in [0.1, 0.15) is 22.5 Å². The maximum atomic E-state index is 11.8. The SMILES string of the molecule is CS(=O)Nc1ccc(-c2noc(-c3cccc(N4CCOCC4)n3)n2)c(N2CCC3(CC2)CC3)c1. The lowest BCUT2D eigenvalue weighted by atomic mass is 9.93. The van der Waals surface area contributed by atoms with Crippen molar-refractivity contribution in [3.05, 3.63) is 36.4 Å². The van der Waals surface area contributed by atoms with Crippen LogP contribution in [0.1, 0.15) is 25.7 Å². The number of piperidine rings is 1. The van der Waals surface area contributed by atoms with Crippen molar-refractivity contribution in [3.63, 3.8) is 0 Å². The molecule has 35 heavy (non-hydrogen) atoms. The third-order valence-corrected chi connectivity index (χ3v) is 7.86. The van der Waals surface area contributed by atoms with Crippen LogP contribution in [0.2, 0.25) is 0 Å². The fourth-order valence-electron chi connectivity index (χ4n) is 5.06. The van der Waals surface area contributed by atoms with Crippen LogP contribution < -0.4 is 14.5 Å². The first-order valence-electron chi connectivity index (χ1n) is 12.2. The number of nitrogens with zero attached hydrogens (tertiary/aromatic N) is 5. The Morgan fingerprint density at radius 3 is 2.51 bits per heavy atom. The van der Waals surface area contributed by atoms with Gasteiger partial charge in [-0.25, -0.2) is 9.19 Å². The number of nitrogens with one attached hydrogen (secondary N) is 1. The molecular weight excluding hydrogens is 464 g/mol. The summed E-state index contributed by atoms with van der Waals surface area (Å²) in [6.07, 6.45) is 6.76. The average molecular weight is 495 g/mol. The van der Waals surface area contributed by atoms with Gasteiger partial charge in [-0.1, -0.05) is 11.2 Å². The summed E-state index contributed by atoms with van der Waals surface area (Å²) in [5, 5.41) is 4.33. The highest BCUT2D eigenvalue weighted by Crippen LogP contribution is 2.54. The first-order chi connectivity index (χ1) is 17.1. The van der Waals surface area contributed by atoms with Gasteiger partial charge >= 0.3 is 0 Å². The Morgan fingerprint density at radius 2 is 1.77 bits per heavy atom.